The van der Waals surface area contributed by atoms with Gasteiger partial charge in [0.15, 0.2) is 0 Å². The van der Waals surface area contributed by atoms with Gasteiger partial charge in [-0.25, -0.2) is 0 Å². The van der Waals surface area contributed by atoms with Crippen LogP contribution >= 0.6 is 0 Å². The van der Waals surface area contributed by atoms with Crippen LogP contribution in [-0.4, -0.2) is 5.78 Å². The molecule has 0 spiro atoms. The number of rotatable bonds is 0. The van der Waals surface area contributed by atoms with Crippen molar-refractivity contribution in [1.29, 1.82) is 0 Å². The van der Waals surface area contributed by atoms with Crippen molar-refractivity contribution in [3.05, 3.63) is 12.2 Å². The molecular weight excluding hydrogens is 148 g/mol. The molecule has 0 aliphatic heterocycles. The highest BCUT2D eigenvalue weighted by molar-refractivity contribution is 5.84. The summed E-state index contributed by atoms with van der Waals surface area (Å²) in [7, 11) is 0. The molecule has 3 rings (SSSR count). The van der Waals surface area contributed by atoms with E-state index >= 15 is 0 Å². The molecule has 2 bridgehead atoms. The molecule has 12 heavy (non-hydrogen) atoms. The Hall–Kier alpha value is -0.590. The summed E-state index contributed by atoms with van der Waals surface area (Å²) in [6.45, 7) is 4.17. The van der Waals surface area contributed by atoms with Crippen LogP contribution in [0.4, 0.5) is 0 Å². The van der Waals surface area contributed by atoms with Crippen LogP contribution in [0.15, 0.2) is 12.2 Å². The van der Waals surface area contributed by atoms with Crippen LogP contribution in [0.2, 0.25) is 0 Å². The molecular formula is C11H16O. The summed E-state index contributed by atoms with van der Waals surface area (Å²) < 4.78 is 0. The van der Waals surface area contributed by atoms with E-state index in [0.717, 1.165) is 0 Å². The SMILES string of the molecule is C[C@@H]1C(=O)[C@@H](C)[C@H]2C=C[C@H]1CC2. The molecule has 66 valence electrons. The van der Waals surface area contributed by atoms with E-state index in [4.69, 9.17) is 0 Å². The van der Waals surface area contributed by atoms with E-state index in [2.05, 4.69) is 26.0 Å². The maximum atomic E-state index is 11.8. The second-order valence-corrected chi connectivity index (χ2v) is 4.27. The lowest BCUT2D eigenvalue weighted by Crippen LogP contribution is -2.22. The average Bonchev–Trinajstić information content (AvgIpc) is 2.27. The number of carbonyl (C=O) groups is 1. The Labute approximate surface area is 73.8 Å². The number of fused-ring (bicyclic) bond motifs is 3. The molecule has 0 saturated heterocycles. The maximum absolute atomic E-state index is 11.8. The quantitative estimate of drug-likeness (QED) is 0.502. The highest BCUT2D eigenvalue weighted by Crippen LogP contribution is 2.38. The Morgan fingerprint density at radius 3 is 1.83 bits per heavy atom. The Kier molecular flexibility index (Phi) is 1.82. The number of ketones is 1. The van der Waals surface area contributed by atoms with Crippen molar-refractivity contribution in [3.63, 3.8) is 0 Å². The normalized spacial score (nSPS) is 46.3. The highest BCUT2D eigenvalue weighted by atomic mass is 16.1. The zero-order chi connectivity index (χ0) is 8.72. The zero-order valence-corrected chi connectivity index (χ0v) is 7.79. The molecule has 0 aromatic heterocycles. The molecule has 1 saturated carbocycles. The first kappa shape index (κ1) is 8.03. The summed E-state index contributed by atoms with van der Waals surface area (Å²) >= 11 is 0. The van der Waals surface area contributed by atoms with E-state index in [1.165, 1.54) is 12.8 Å². The van der Waals surface area contributed by atoms with Crippen LogP contribution in [-0.2, 0) is 4.79 Å². The van der Waals surface area contributed by atoms with Gasteiger partial charge in [0.2, 0.25) is 0 Å². The van der Waals surface area contributed by atoms with E-state index < -0.39 is 0 Å². The molecule has 3 aliphatic rings. The molecule has 1 fully saturated rings. The monoisotopic (exact) mass is 164 g/mol. The fraction of sp³-hybridized carbons (Fsp3) is 0.727. The molecule has 1 heteroatoms. The standard InChI is InChI=1S/C11H16O/c1-7-9-3-5-10(6-4-9)8(2)11(7)12/h3,5,7-10H,4,6H2,1-2H3/t7-,8-,9-,10-/m0/s1. The lowest BCUT2D eigenvalue weighted by atomic mass is 9.86. The first-order chi connectivity index (χ1) is 5.70. The second-order valence-electron chi connectivity index (χ2n) is 4.27. The molecule has 0 heterocycles. The molecule has 0 aromatic carbocycles. The van der Waals surface area contributed by atoms with Crippen molar-refractivity contribution in [1.82, 2.24) is 0 Å². The molecule has 0 amide bonds. The summed E-state index contributed by atoms with van der Waals surface area (Å²) in [5, 5.41) is 0. The number of carbonyl (C=O) groups excluding carboxylic acids is 1. The topological polar surface area (TPSA) is 17.1 Å². The van der Waals surface area contributed by atoms with Crippen LogP contribution in [0.25, 0.3) is 0 Å². The number of allylic oxidation sites excluding steroid dienone is 2. The Bertz CT molecular complexity index is 207. The van der Waals surface area contributed by atoms with E-state index in [-0.39, 0.29) is 11.8 Å². The first-order valence-corrected chi connectivity index (χ1v) is 4.92. The first-order valence-electron chi connectivity index (χ1n) is 4.92. The fourth-order valence-electron chi connectivity index (χ4n) is 2.53. The minimum atomic E-state index is 0.267. The minimum Gasteiger partial charge on any atom is -0.299 e. The largest absolute Gasteiger partial charge is 0.299 e. The van der Waals surface area contributed by atoms with Crippen LogP contribution in [0.3, 0.4) is 0 Å². The molecule has 4 atom stereocenters. The Balaban J connectivity index is 2.33. The molecule has 0 N–H and O–H groups in total. The average molecular weight is 164 g/mol. The van der Waals surface area contributed by atoms with Gasteiger partial charge in [-0.15, -0.1) is 0 Å². The van der Waals surface area contributed by atoms with E-state index in [0.29, 0.717) is 17.6 Å². The number of Topliss-reactive ketones (excluding diaryl/α,β-unsaturated/α-hetero) is 1. The third kappa shape index (κ3) is 1.03. The molecule has 0 radical (unpaired) electrons. The smallest absolute Gasteiger partial charge is 0.139 e. The van der Waals surface area contributed by atoms with Crippen LogP contribution in [0.1, 0.15) is 26.7 Å². The maximum Gasteiger partial charge on any atom is 0.139 e. The predicted octanol–water partition coefficient (Wildman–Crippen LogP) is 2.42. The Morgan fingerprint density at radius 2 is 1.50 bits per heavy atom. The number of hydrogen-bond acceptors (Lipinski definition) is 1. The highest BCUT2D eigenvalue weighted by Gasteiger charge is 2.36. The van der Waals surface area contributed by atoms with E-state index in [1.54, 1.807) is 0 Å². The van der Waals surface area contributed by atoms with Crippen LogP contribution < -0.4 is 0 Å². The second kappa shape index (κ2) is 2.72. The summed E-state index contributed by atoms with van der Waals surface area (Å²) in [5.41, 5.74) is 0. The van der Waals surface area contributed by atoms with Crippen molar-refractivity contribution >= 4 is 5.78 Å². The van der Waals surface area contributed by atoms with Gasteiger partial charge in [-0.05, 0) is 24.7 Å². The van der Waals surface area contributed by atoms with Crippen LogP contribution in [0.5, 0.6) is 0 Å². The third-order valence-electron chi connectivity index (χ3n) is 3.62. The van der Waals surface area contributed by atoms with Gasteiger partial charge in [0.05, 0.1) is 0 Å². The summed E-state index contributed by atoms with van der Waals surface area (Å²) in [6, 6.07) is 0. The van der Waals surface area contributed by atoms with Gasteiger partial charge in [0.1, 0.15) is 5.78 Å². The molecule has 1 nitrogen and oxygen atoms in total. The van der Waals surface area contributed by atoms with Gasteiger partial charge < -0.3 is 0 Å². The molecule has 0 unspecified atom stereocenters. The van der Waals surface area contributed by atoms with Crippen molar-refractivity contribution in [2.24, 2.45) is 23.7 Å². The summed E-state index contributed by atoms with van der Waals surface area (Å²) in [5.74, 6) is 2.09. The van der Waals surface area contributed by atoms with Crippen molar-refractivity contribution in [3.8, 4) is 0 Å². The van der Waals surface area contributed by atoms with Crippen molar-refractivity contribution < 1.29 is 4.79 Å². The summed E-state index contributed by atoms with van der Waals surface area (Å²) in [6.07, 6.45) is 6.97. The van der Waals surface area contributed by atoms with Gasteiger partial charge in [-0.3, -0.25) is 4.79 Å². The van der Waals surface area contributed by atoms with Gasteiger partial charge in [0, 0.05) is 11.8 Å². The lowest BCUT2D eigenvalue weighted by Gasteiger charge is -2.18. The fourth-order valence-corrected chi connectivity index (χ4v) is 2.53. The van der Waals surface area contributed by atoms with Gasteiger partial charge in [-0.2, -0.15) is 0 Å². The number of hydrogen-bond donors (Lipinski definition) is 0. The van der Waals surface area contributed by atoms with E-state index in [1.807, 2.05) is 0 Å². The Morgan fingerprint density at radius 1 is 1.08 bits per heavy atom. The minimum absolute atomic E-state index is 0.267. The van der Waals surface area contributed by atoms with Gasteiger partial charge in [0.25, 0.3) is 0 Å². The molecule has 0 aromatic rings. The molecule has 3 aliphatic carbocycles. The third-order valence-corrected chi connectivity index (χ3v) is 3.62. The van der Waals surface area contributed by atoms with E-state index in [9.17, 15) is 4.79 Å². The predicted molar refractivity (Wildman–Crippen MR) is 48.7 cm³/mol. The van der Waals surface area contributed by atoms with Gasteiger partial charge >= 0.3 is 0 Å². The van der Waals surface area contributed by atoms with Crippen molar-refractivity contribution in [2.75, 3.05) is 0 Å². The zero-order valence-electron chi connectivity index (χ0n) is 7.79. The van der Waals surface area contributed by atoms with Gasteiger partial charge in [-0.1, -0.05) is 26.0 Å². The summed E-state index contributed by atoms with van der Waals surface area (Å²) in [4.78, 5) is 11.8. The van der Waals surface area contributed by atoms with Crippen molar-refractivity contribution in [2.45, 2.75) is 26.7 Å². The van der Waals surface area contributed by atoms with Crippen LogP contribution in [0, 0.1) is 23.7 Å². The lowest BCUT2D eigenvalue weighted by molar-refractivity contribution is -0.126.